The Balaban J connectivity index is 4.11. The fraction of sp³-hybridized carbons (Fsp3) is 1.00. The molecule has 0 aromatic rings. The summed E-state index contributed by atoms with van der Waals surface area (Å²) < 4.78 is 12.2. The van der Waals surface area contributed by atoms with E-state index in [-0.39, 0.29) is 5.41 Å². The summed E-state index contributed by atoms with van der Waals surface area (Å²) in [5, 5.41) is 2.76. The molecule has 0 spiro atoms. The summed E-state index contributed by atoms with van der Waals surface area (Å²) in [4.78, 5) is 10.2. The number of rotatable bonds is 5. The molecular weight excluding hydrogens is 165 g/mol. The van der Waals surface area contributed by atoms with Gasteiger partial charge in [0.25, 0.3) is 0 Å². The zero-order valence-corrected chi connectivity index (χ0v) is 7.95. The fourth-order valence-corrected chi connectivity index (χ4v) is 1.78. The number of hydrogen-bond donors (Lipinski definition) is 0. The van der Waals surface area contributed by atoms with E-state index in [0.29, 0.717) is 0 Å². The third-order valence-corrected chi connectivity index (χ3v) is 2.72. The maximum absolute atomic E-state index is 12.2. The molecule has 0 saturated heterocycles. The number of hydrogen-bond acceptors (Lipinski definition) is 3. The fourth-order valence-electron chi connectivity index (χ4n) is 0.848. The molecule has 1 unspecified atom stereocenters. The molecule has 0 radical (unpaired) electrons. The van der Waals surface area contributed by atoms with Crippen LogP contribution in [0.1, 0.15) is 13.8 Å². The minimum atomic E-state index is -0.699. The van der Waals surface area contributed by atoms with E-state index < -0.39 is 12.7 Å². The minimum absolute atomic E-state index is 0.323. The van der Waals surface area contributed by atoms with Crippen molar-refractivity contribution in [1.82, 2.24) is 0 Å². The van der Waals surface area contributed by atoms with Crippen molar-refractivity contribution in [3.8, 4) is 0 Å². The predicted molar refractivity (Wildman–Crippen MR) is 47.7 cm³/mol. The monoisotopic (exact) mass is 179 g/mol. The summed E-state index contributed by atoms with van der Waals surface area (Å²) in [5.74, 6) is 0.757. The summed E-state index contributed by atoms with van der Waals surface area (Å²) in [7, 11) is 0. The number of thioether (sulfide) groups is 1. The average molecular weight is 179 g/mol. The van der Waals surface area contributed by atoms with Crippen molar-refractivity contribution < 1.29 is 4.39 Å². The Morgan fingerprint density at radius 3 is 2.45 bits per heavy atom. The summed E-state index contributed by atoms with van der Waals surface area (Å²) in [6, 6.07) is -0.699. The number of halogens is 1. The van der Waals surface area contributed by atoms with Gasteiger partial charge in [-0.25, -0.2) is 4.39 Å². The highest BCUT2D eigenvalue weighted by Gasteiger charge is 2.30. The molecule has 0 heterocycles. The summed E-state index contributed by atoms with van der Waals surface area (Å²) >= 11 is 1.60. The number of nitroso groups, excluding NO2 is 1. The Bertz CT molecular complexity index is 130. The standard InChI is InChI=1S/C7H14FNOS/c1-7(2,5-11-3)6(4-8)9-10/h6H,4-5H2,1-3H3. The Hall–Kier alpha value is -0.120. The van der Waals surface area contributed by atoms with E-state index in [1.807, 2.05) is 20.1 Å². The van der Waals surface area contributed by atoms with Gasteiger partial charge < -0.3 is 0 Å². The van der Waals surface area contributed by atoms with Crippen LogP contribution in [0.15, 0.2) is 5.18 Å². The molecule has 0 rings (SSSR count). The van der Waals surface area contributed by atoms with E-state index in [1.54, 1.807) is 11.8 Å². The second kappa shape index (κ2) is 4.70. The smallest absolute Gasteiger partial charge is 0.126 e. The van der Waals surface area contributed by atoms with Crippen LogP contribution in [0.25, 0.3) is 0 Å². The van der Waals surface area contributed by atoms with Crippen LogP contribution in [0, 0.1) is 10.3 Å². The Morgan fingerprint density at radius 1 is 1.64 bits per heavy atom. The van der Waals surface area contributed by atoms with Gasteiger partial charge >= 0.3 is 0 Å². The van der Waals surface area contributed by atoms with Gasteiger partial charge in [-0.05, 0) is 6.26 Å². The van der Waals surface area contributed by atoms with Gasteiger partial charge in [0.15, 0.2) is 0 Å². The van der Waals surface area contributed by atoms with Crippen LogP contribution in [0.3, 0.4) is 0 Å². The van der Waals surface area contributed by atoms with Crippen LogP contribution in [-0.4, -0.2) is 24.7 Å². The molecule has 0 fully saturated rings. The average Bonchev–Trinajstić information content (AvgIpc) is 1.89. The Morgan fingerprint density at radius 2 is 2.18 bits per heavy atom. The zero-order chi connectivity index (χ0) is 8.91. The van der Waals surface area contributed by atoms with Crippen molar-refractivity contribution in [2.24, 2.45) is 10.6 Å². The van der Waals surface area contributed by atoms with E-state index in [1.165, 1.54) is 0 Å². The largest absolute Gasteiger partial charge is 0.249 e. The normalized spacial score (nSPS) is 14.5. The van der Waals surface area contributed by atoms with Gasteiger partial charge in [-0.1, -0.05) is 19.0 Å². The van der Waals surface area contributed by atoms with Crippen molar-refractivity contribution in [2.45, 2.75) is 19.9 Å². The molecule has 4 heteroatoms. The second-order valence-corrected chi connectivity index (χ2v) is 4.06. The van der Waals surface area contributed by atoms with Gasteiger partial charge in [0.1, 0.15) is 12.7 Å². The molecule has 0 N–H and O–H groups in total. The predicted octanol–water partition coefficient (Wildman–Crippen LogP) is 2.48. The maximum Gasteiger partial charge on any atom is 0.126 e. The molecule has 0 aliphatic carbocycles. The molecule has 0 aromatic heterocycles. The maximum atomic E-state index is 12.2. The van der Waals surface area contributed by atoms with Crippen LogP contribution >= 0.6 is 11.8 Å². The summed E-state index contributed by atoms with van der Waals surface area (Å²) in [6.07, 6.45) is 1.93. The lowest BCUT2D eigenvalue weighted by molar-refractivity contribution is 0.270. The molecule has 0 aliphatic rings. The molecule has 0 aromatic carbocycles. The van der Waals surface area contributed by atoms with Crippen LogP contribution in [0.5, 0.6) is 0 Å². The van der Waals surface area contributed by atoms with Gasteiger partial charge in [-0.15, -0.1) is 0 Å². The lowest BCUT2D eigenvalue weighted by Crippen LogP contribution is -2.31. The Labute approximate surface area is 70.9 Å². The molecule has 1 atom stereocenters. The van der Waals surface area contributed by atoms with Crippen molar-refractivity contribution in [3.63, 3.8) is 0 Å². The molecular formula is C7H14FNOS. The van der Waals surface area contributed by atoms with Crippen molar-refractivity contribution >= 4 is 11.8 Å². The molecule has 66 valence electrons. The van der Waals surface area contributed by atoms with Gasteiger partial charge in [0.05, 0.1) is 0 Å². The van der Waals surface area contributed by atoms with Gasteiger partial charge in [-0.2, -0.15) is 16.7 Å². The lowest BCUT2D eigenvalue weighted by Gasteiger charge is -2.26. The van der Waals surface area contributed by atoms with Crippen molar-refractivity contribution in [3.05, 3.63) is 4.91 Å². The van der Waals surface area contributed by atoms with E-state index >= 15 is 0 Å². The van der Waals surface area contributed by atoms with E-state index in [4.69, 9.17) is 0 Å². The van der Waals surface area contributed by atoms with Gasteiger partial charge in [-0.3, -0.25) is 0 Å². The highest BCUT2D eigenvalue weighted by atomic mass is 32.2. The first kappa shape index (κ1) is 10.9. The van der Waals surface area contributed by atoms with E-state index in [9.17, 15) is 9.30 Å². The first-order chi connectivity index (χ1) is 5.08. The number of nitrogens with zero attached hydrogens (tertiary/aromatic N) is 1. The zero-order valence-electron chi connectivity index (χ0n) is 7.13. The SMILES string of the molecule is CSCC(C)(C)C(CF)N=O. The third kappa shape index (κ3) is 3.18. The first-order valence-corrected chi connectivity index (χ1v) is 4.85. The molecule has 11 heavy (non-hydrogen) atoms. The van der Waals surface area contributed by atoms with Gasteiger partial charge in [0, 0.05) is 11.2 Å². The van der Waals surface area contributed by atoms with E-state index in [2.05, 4.69) is 5.18 Å². The van der Waals surface area contributed by atoms with Crippen molar-refractivity contribution in [1.29, 1.82) is 0 Å². The highest BCUT2D eigenvalue weighted by Crippen LogP contribution is 2.27. The van der Waals surface area contributed by atoms with Gasteiger partial charge in [0.2, 0.25) is 0 Å². The quantitative estimate of drug-likeness (QED) is 0.607. The molecule has 0 amide bonds. The molecule has 2 nitrogen and oxygen atoms in total. The van der Waals surface area contributed by atoms with E-state index in [0.717, 1.165) is 5.75 Å². The summed E-state index contributed by atoms with van der Waals surface area (Å²) in [5.41, 5.74) is -0.323. The summed E-state index contributed by atoms with van der Waals surface area (Å²) in [6.45, 7) is 3.06. The van der Waals surface area contributed by atoms with Crippen LogP contribution in [0.2, 0.25) is 0 Å². The Kier molecular flexibility index (Phi) is 4.65. The minimum Gasteiger partial charge on any atom is -0.249 e. The second-order valence-electron chi connectivity index (χ2n) is 3.20. The topological polar surface area (TPSA) is 29.4 Å². The number of alkyl halides is 1. The molecule has 0 saturated carbocycles. The highest BCUT2D eigenvalue weighted by molar-refractivity contribution is 7.98. The molecule has 0 bridgehead atoms. The van der Waals surface area contributed by atoms with Crippen LogP contribution < -0.4 is 0 Å². The third-order valence-electron chi connectivity index (χ3n) is 1.69. The van der Waals surface area contributed by atoms with Crippen molar-refractivity contribution in [2.75, 3.05) is 18.7 Å². The first-order valence-electron chi connectivity index (χ1n) is 3.46. The lowest BCUT2D eigenvalue weighted by atomic mass is 9.88. The molecule has 0 aliphatic heterocycles. The van der Waals surface area contributed by atoms with Crippen LogP contribution in [-0.2, 0) is 0 Å². The van der Waals surface area contributed by atoms with Crippen LogP contribution in [0.4, 0.5) is 4.39 Å².